The van der Waals surface area contributed by atoms with Crippen LogP contribution < -0.4 is 11.2 Å². The average molecular weight is 539 g/mol. The van der Waals surface area contributed by atoms with Gasteiger partial charge in [0.25, 0.3) is 5.56 Å². The Bertz CT molecular complexity index is 1380. The maximum Gasteiger partial charge on any atom is 0.349 e. The van der Waals surface area contributed by atoms with Gasteiger partial charge in [-0.1, -0.05) is 0 Å². The van der Waals surface area contributed by atoms with Crippen LogP contribution in [0.1, 0.15) is 11.1 Å². The first-order valence-corrected chi connectivity index (χ1v) is 11.8. The van der Waals surface area contributed by atoms with E-state index in [4.69, 9.17) is 9.47 Å². The Hall–Kier alpha value is -2.86. The molecule has 0 bridgehead atoms. The van der Waals surface area contributed by atoms with Crippen LogP contribution in [0.15, 0.2) is 21.7 Å². The standard InChI is InChI=1S/C23H30N4O11/c1-8-3-10-11(4-9(8)2)27(20-15(24-10)21(35)26-23(36)25-20)5-13(16(31)12(30)6-28)37-22-19(34)18(33)17(32)14(7-29)38-22/h3-4,12-14,16-19,22,28-34H,5-7H2,1-2H3,(H,26,35,36)/t12-,13+,14+,16-,17+,18-,19+,22-/m0/s1. The van der Waals surface area contributed by atoms with Crippen molar-refractivity contribution in [1.82, 2.24) is 19.5 Å². The lowest BCUT2D eigenvalue weighted by Gasteiger charge is -2.41. The quantitative estimate of drug-likeness (QED) is 0.128. The van der Waals surface area contributed by atoms with Gasteiger partial charge in [-0.25, -0.2) is 9.78 Å². The Balaban J connectivity index is 1.85. The third-order valence-corrected chi connectivity index (χ3v) is 6.71. The number of aliphatic hydroxyl groups excluding tert-OH is 7. The van der Waals surface area contributed by atoms with Gasteiger partial charge in [-0.15, -0.1) is 0 Å². The van der Waals surface area contributed by atoms with E-state index in [0.29, 0.717) is 11.0 Å². The molecule has 8 atom stereocenters. The van der Waals surface area contributed by atoms with Crippen LogP contribution in [-0.2, 0) is 16.0 Å². The molecule has 15 heteroatoms. The number of aromatic amines is 1. The van der Waals surface area contributed by atoms with Crippen molar-refractivity contribution in [3.63, 3.8) is 0 Å². The van der Waals surface area contributed by atoms with Crippen molar-refractivity contribution in [3.8, 4) is 11.5 Å². The number of aliphatic hydroxyl groups is 7. The van der Waals surface area contributed by atoms with E-state index in [1.165, 1.54) is 4.57 Å². The largest absolute Gasteiger partial charge is 0.394 e. The molecule has 208 valence electrons. The molecule has 1 saturated heterocycles. The maximum atomic E-state index is 12.6. The van der Waals surface area contributed by atoms with Crippen LogP contribution in [-0.4, -0.2) is 117 Å². The Morgan fingerprint density at radius 3 is 2.39 bits per heavy atom. The molecule has 3 aliphatic rings. The van der Waals surface area contributed by atoms with Gasteiger partial charge < -0.3 is 49.8 Å². The van der Waals surface area contributed by atoms with Crippen LogP contribution in [0.5, 0.6) is 0 Å². The summed E-state index contributed by atoms with van der Waals surface area (Å²) in [6.45, 7) is 1.63. The first-order valence-electron chi connectivity index (χ1n) is 11.8. The highest BCUT2D eigenvalue weighted by molar-refractivity contribution is 5.81. The second-order valence-electron chi connectivity index (χ2n) is 9.30. The molecule has 0 unspecified atom stereocenters. The number of benzene rings is 1. The number of hydrogen-bond donors (Lipinski definition) is 8. The normalized spacial score (nSPS) is 26.5. The number of aryl methyl sites for hydroxylation is 2. The minimum Gasteiger partial charge on any atom is -0.394 e. The van der Waals surface area contributed by atoms with Gasteiger partial charge in [0.15, 0.2) is 17.8 Å². The first-order chi connectivity index (χ1) is 18.0. The Morgan fingerprint density at radius 2 is 1.74 bits per heavy atom. The van der Waals surface area contributed by atoms with Gasteiger partial charge in [-0.2, -0.15) is 4.98 Å². The van der Waals surface area contributed by atoms with E-state index in [9.17, 15) is 45.3 Å². The minimum atomic E-state index is -1.83. The zero-order valence-electron chi connectivity index (χ0n) is 20.5. The van der Waals surface area contributed by atoms with E-state index in [-0.39, 0.29) is 11.5 Å². The predicted molar refractivity (Wildman–Crippen MR) is 128 cm³/mol. The van der Waals surface area contributed by atoms with Crippen molar-refractivity contribution in [1.29, 1.82) is 0 Å². The molecule has 0 spiro atoms. The van der Waals surface area contributed by atoms with E-state index in [0.717, 1.165) is 11.1 Å². The maximum absolute atomic E-state index is 12.6. The smallest absolute Gasteiger partial charge is 0.349 e. The lowest BCUT2D eigenvalue weighted by atomic mass is 9.99. The Kier molecular flexibility index (Phi) is 8.22. The molecule has 3 heterocycles. The van der Waals surface area contributed by atoms with Crippen LogP contribution in [0.25, 0.3) is 22.6 Å². The number of hydrogen-bond acceptors (Lipinski definition) is 13. The number of aromatic nitrogens is 4. The molecule has 4 rings (SSSR count). The van der Waals surface area contributed by atoms with Gasteiger partial charge >= 0.3 is 5.69 Å². The number of ether oxygens (including phenoxy) is 2. The fraction of sp³-hybridized carbons (Fsp3) is 0.565. The van der Waals surface area contributed by atoms with Gasteiger partial charge in [0.1, 0.15) is 42.7 Å². The summed E-state index contributed by atoms with van der Waals surface area (Å²) in [5.74, 6) is -0.164. The van der Waals surface area contributed by atoms with Gasteiger partial charge in [0.05, 0.1) is 30.8 Å². The summed E-state index contributed by atoms with van der Waals surface area (Å²) in [5, 5.41) is 70.6. The highest BCUT2D eigenvalue weighted by Crippen LogP contribution is 2.28. The zero-order valence-corrected chi connectivity index (χ0v) is 20.5. The highest BCUT2D eigenvalue weighted by Gasteiger charge is 2.46. The van der Waals surface area contributed by atoms with E-state index in [1.807, 2.05) is 18.8 Å². The van der Waals surface area contributed by atoms with Crippen LogP contribution in [0.2, 0.25) is 0 Å². The number of nitrogens with one attached hydrogen (secondary N) is 1. The van der Waals surface area contributed by atoms with Crippen LogP contribution in [0.3, 0.4) is 0 Å². The molecule has 0 saturated carbocycles. The van der Waals surface area contributed by atoms with Crippen LogP contribution in [0.4, 0.5) is 0 Å². The molecule has 3 aliphatic heterocycles. The molecule has 0 aromatic heterocycles. The third kappa shape index (κ3) is 5.20. The lowest BCUT2D eigenvalue weighted by molar-refractivity contribution is -0.320. The second-order valence-corrected chi connectivity index (χ2v) is 9.30. The number of nitrogens with zero attached hydrogens (tertiary/aromatic N) is 3. The summed E-state index contributed by atoms with van der Waals surface area (Å²) in [5.41, 5.74) is 0.443. The van der Waals surface area contributed by atoms with Crippen LogP contribution >= 0.6 is 0 Å². The zero-order chi connectivity index (χ0) is 27.9. The summed E-state index contributed by atoms with van der Waals surface area (Å²) < 4.78 is 12.5. The molecule has 8 N–H and O–H groups in total. The van der Waals surface area contributed by atoms with Crippen molar-refractivity contribution in [3.05, 3.63) is 44.1 Å². The number of rotatable bonds is 8. The average Bonchev–Trinajstić information content (AvgIpc) is 2.88. The summed E-state index contributed by atoms with van der Waals surface area (Å²) in [6.07, 6.45) is -13.4. The molecule has 1 aromatic carbocycles. The predicted octanol–water partition coefficient (Wildman–Crippen LogP) is -3.90. The molecular formula is C23H30N4O11. The van der Waals surface area contributed by atoms with Crippen molar-refractivity contribution in [2.24, 2.45) is 0 Å². The Morgan fingerprint density at radius 1 is 1.05 bits per heavy atom. The van der Waals surface area contributed by atoms with Crippen molar-refractivity contribution < 1.29 is 45.2 Å². The van der Waals surface area contributed by atoms with Gasteiger partial charge in [-0.05, 0) is 37.1 Å². The molecule has 0 radical (unpaired) electrons. The molecular weight excluding hydrogens is 508 g/mol. The summed E-state index contributed by atoms with van der Waals surface area (Å²) >= 11 is 0. The number of fused-ring (bicyclic) bond motifs is 2. The molecule has 0 amide bonds. The van der Waals surface area contributed by atoms with E-state index in [2.05, 4.69) is 9.97 Å². The molecule has 0 aliphatic carbocycles. The first kappa shape index (κ1) is 28.2. The van der Waals surface area contributed by atoms with Gasteiger partial charge in [-0.3, -0.25) is 9.78 Å². The van der Waals surface area contributed by atoms with E-state index < -0.39 is 80.0 Å². The molecule has 1 aromatic rings. The van der Waals surface area contributed by atoms with E-state index >= 15 is 0 Å². The Labute approximate surface area is 214 Å². The summed E-state index contributed by atoms with van der Waals surface area (Å²) in [7, 11) is 0. The second kappa shape index (κ2) is 11.1. The molecule has 1 fully saturated rings. The minimum absolute atomic E-state index is 0.164. The van der Waals surface area contributed by atoms with Gasteiger partial charge in [0.2, 0.25) is 0 Å². The van der Waals surface area contributed by atoms with Crippen molar-refractivity contribution in [2.75, 3.05) is 13.2 Å². The molecule has 15 nitrogen and oxygen atoms in total. The van der Waals surface area contributed by atoms with E-state index in [1.54, 1.807) is 12.1 Å². The summed E-state index contributed by atoms with van der Waals surface area (Å²) in [4.78, 5) is 34.9. The SMILES string of the molecule is Cc1cc2nc3c(=O)[nH]c(=O)nc-3n(C[C@@H](O[C@H]3O[C@H](CO)[C@@H](O)[C@H](O)[C@H]3O)[C@@H](O)[C@@H](O)CO)c2cc1C. The lowest BCUT2D eigenvalue weighted by Crippen LogP contribution is -2.60. The van der Waals surface area contributed by atoms with Crippen molar-refractivity contribution in [2.45, 2.75) is 69.4 Å². The van der Waals surface area contributed by atoms with Gasteiger partial charge in [0, 0.05) is 0 Å². The highest BCUT2D eigenvalue weighted by atomic mass is 16.7. The fourth-order valence-electron chi connectivity index (χ4n) is 4.35. The summed E-state index contributed by atoms with van der Waals surface area (Å²) in [6, 6.07) is 3.42. The van der Waals surface area contributed by atoms with Crippen LogP contribution in [0, 0.1) is 13.8 Å². The topological polar surface area (TPSA) is 241 Å². The van der Waals surface area contributed by atoms with Crippen molar-refractivity contribution >= 4 is 11.0 Å². The number of H-pyrrole nitrogens is 1. The third-order valence-electron chi connectivity index (χ3n) is 6.71. The molecule has 38 heavy (non-hydrogen) atoms. The monoisotopic (exact) mass is 538 g/mol. The fourth-order valence-corrected chi connectivity index (χ4v) is 4.35.